The molecule has 16 heavy (non-hydrogen) atoms. The summed E-state index contributed by atoms with van der Waals surface area (Å²) < 4.78 is 2.05. The van der Waals surface area contributed by atoms with Crippen molar-refractivity contribution in [3.8, 4) is 0 Å². The molecule has 1 aromatic rings. The standard InChI is InChI=1S/C12H22N4/c1-4-6-10-7-13-11-9(3)15-16(5-2)12(11)14-8-10/h10,13-14H,4-8H2,1-3H3. The molecule has 2 N–H and O–H groups in total. The highest BCUT2D eigenvalue weighted by molar-refractivity contribution is 5.68. The van der Waals surface area contributed by atoms with Gasteiger partial charge in [-0.2, -0.15) is 5.10 Å². The Kier molecular flexibility index (Phi) is 3.36. The van der Waals surface area contributed by atoms with E-state index in [1.54, 1.807) is 0 Å². The molecule has 2 heterocycles. The molecular weight excluding hydrogens is 200 g/mol. The highest BCUT2D eigenvalue weighted by Crippen LogP contribution is 2.29. The summed E-state index contributed by atoms with van der Waals surface area (Å²) in [7, 11) is 0. The third kappa shape index (κ3) is 2.01. The number of hydrogen-bond donors (Lipinski definition) is 2. The van der Waals surface area contributed by atoms with E-state index >= 15 is 0 Å². The van der Waals surface area contributed by atoms with E-state index in [0.717, 1.165) is 31.2 Å². The van der Waals surface area contributed by atoms with Crippen LogP contribution in [-0.4, -0.2) is 22.9 Å². The second kappa shape index (κ2) is 4.76. The zero-order chi connectivity index (χ0) is 11.5. The van der Waals surface area contributed by atoms with E-state index in [1.807, 2.05) is 4.68 Å². The van der Waals surface area contributed by atoms with E-state index in [1.165, 1.54) is 24.3 Å². The van der Waals surface area contributed by atoms with Gasteiger partial charge in [0, 0.05) is 19.6 Å². The summed E-state index contributed by atoms with van der Waals surface area (Å²) in [4.78, 5) is 0. The molecule has 0 saturated carbocycles. The van der Waals surface area contributed by atoms with Crippen LogP contribution in [0.4, 0.5) is 11.5 Å². The van der Waals surface area contributed by atoms with E-state index < -0.39 is 0 Å². The summed E-state index contributed by atoms with van der Waals surface area (Å²) in [5, 5.41) is 11.6. The van der Waals surface area contributed by atoms with Crippen molar-refractivity contribution >= 4 is 11.5 Å². The Morgan fingerprint density at radius 3 is 2.75 bits per heavy atom. The summed E-state index contributed by atoms with van der Waals surface area (Å²) >= 11 is 0. The fourth-order valence-electron chi connectivity index (χ4n) is 2.37. The van der Waals surface area contributed by atoms with Crippen LogP contribution in [0, 0.1) is 12.8 Å². The van der Waals surface area contributed by atoms with Gasteiger partial charge in [0.05, 0.1) is 5.69 Å². The minimum Gasteiger partial charge on any atom is -0.380 e. The molecule has 0 fully saturated rings. The van der Waals surface area contributed by atoms with Crippen molar-refractivity contribution < 1.29 is 0 Å². The number of aromatic nitrogens is 2. The maximum Gasteiger partial charge on any atom is 0.148 e. The van der Waals surface area contributed by atoms with Gasteiger partial charge in [-0.05, 0) is 26.2 Å². The molecule has 4 nitrogen and oxygen atoms in total. The number of fused-ring (bicyclic) bond motifs is 1. The zero-order valence-corrected chi connectivity index (χ0v) is 10.5. The molecule has 1 aliphatic heterocycles. The normalized spacial score (nSPS) is 19.6. The Labute approximate surface area is 97.4 Å². The molecule has 90 valence electrons. The first-order valence-electron chi connectivity index (χ1n) is 6.31. The summed E-state index contributed by atoms with van der Waals surface area (Å²) in [6.45, 7) is 9.48. The molecule has 0 saturated heterocycles. The Morgan fingerprint density at radius 2 is 2.06 bits per heavy atom. The Hall–Kier alpha value is -1.19. The SMILES string of the molecule is CCCC1CNc2c(C)nn(CC)c2NC1. The number of rotatable bonds is 3. The van der Waals surface area contributed by atoms with Gasteiger partial charge in [-0.15, -0.1) is 0 Å². The number of aryl methyl sites for hydroxylation is 2. The van der Waals surface area contributed by atoms with Gasteiger partial charge in [-0.25, -0.2) is 4.68 Å². The highest BCUT2D eigenvalue weighted by Gasteiger charge is 2.20. The lowest BCUT2D eigenvalue weighted by atomic mass is 10.0. The molecule has 0 aromatic carbocycles. The minimum atomic E-state index is 0.724. The van der Waals surface area contributed by atoms with Gasteiger partial charge in [0.2, 0.25) is 0 Å². The molecule has 0 amide bonds. The fraction of sp³-hybridized carbons (Fsp3) is 0.750. The van der Waals surface area contributed by atoms with Crippen molar-refractivity contribution in [3.63, 3.8) is 0 Å². The van der Waals surface area contributed by atoms with E-state index in [4.69, 9.17) is 0 Å². The van der Waals surface area contributed by atoms with Crippen molar-refractivity contribution in [2.75, 3.05) is 23.7 Å². The van der Waals surface area contributed by atoms with E-state index in [-0.39, 0.29) is 0 Å². The molecule has 1 aromatic heterocycles. The first-order chi connectivity index (χ1) is 7.76. The maximum absolute atomic E-state index is 4.52. The van der Waals surface area contributed by atoms with Gasteiger partial charge >= 0.3 is 0 Å². The van der Waals surface area contributed by atoms with Crippen molar-refractivity contribution in [1.82, 2.24) is 9.78 Å². The number of hydrogen-bond acceptors (Lipinski definition) is 3. The molecule has 0 radical (unpaired) electrons. The summed E-state index contributed by atoms with van der Waals surface area (Å²) in [6, 6.07) is 0. The summed E-state index contributed by atoms with van der Waals surface area (Å²) in [5.41, 5.74) is 2.29. The van der Waals surface area contributed by atoms with Gasteiger partial charge in [-0.1, -0.05) is 13.3 Å². The largest absolute Gasteiger partial charge is 0.380 e. The third-order valence-electron chi connectivity index (χ3n) is 3.25. The number of anilines is 2. The molecule has 0 aliphatic carbocycles. The van der Waals surface area contributed by atoms with Gasteiger partial charge in [0.15, 0.2) is 0 Å². The second-order valence-corrected chi connectivity index (χ2v) is 4.54. The van der Waals surface area contributed by atoms with Crippen LogP contribution in [0.1, 0.15) is 32.4 Å². The summed E-state index contributed by atoms with van der Waals surface area (Å²) in [6.07, 6.45) is 2.53. The third-order valence-corrected chi connectivity index (χ3v) is 3.25. The average Bonchev–Trinajstić information content (AvgIpc) is 2.47. The first kappa shape index (κ1) is 11.3. The Morgan fingerprint density at radius 1 is 1.31 bits per heavy atom. The van der Waals surface area contributed by atoms with Crippen LogP contribution in [0.2, 0.25) is 0 Å². The summed E-state index contributed by atoms with van der Waals surface area (Å²) in [5.74, 6) is 1.89. The predicted octanol–water partition coefficient (Wildman–Crippen LogP) is 2.47. The molecular formula is C12H22N4. The predicted molar refractivity (Wildman–Crippen MR) is 68.0 cm³/mol. The fourth-order valence-corrected chi connectivity index (χ4v) is 2.37. The van der Waals surface area contributed by atoms with Crippen LogP contribution in [0.25, 0.3) is 0 Å². The van der Waals surface area contributed by atoms with Crippen molar-refractivity contribution in [2.45, 2.75) is 40.2 Å². The lowest BCUT2D eigenvalue weighted by molar-refractivity contribution is 0.528. The van der Waals surface area contributed by atoms with E-state index in [0.29, 0.717) is 0 Å². The van der Waals surface area contributed by atoms with Crippen LogP contribution in [0.15, 0.2) is 0 Å². The smallest absolute Gasteiger partial charge is 0.148 e. The molecule has 4 heteroatoms. The number of nitrogens with zero attached hydrogens (tertiary/aromatic N) is 2. The van der Waals surface area contributed by atoms with Crippen LogP contribution in [0.5, 0.6) is 0 Å². The van der Waals surface area contributed by atoms with Gasteiger partial charge in [0.1, 0.15) is 11.5 Å². The van der Waals surface area contributed by atoms with Crippen LogP contribution < -0.4 is 10.6 Å². The Bertz CT molecular complexity index is 356. The van der Waals surface area contributed by atoms with Crippen LogP contribution in [0.3, 0.4) is 0 Å². The van der Waals surface area contributed by atoms with Crippen molar-refractivity contribution in [3.05, 3.63) is 5.69 Å². The highest BCUT2D eigenvalue weighted by atomic mass is 15.3. The van der Waals surface area contributed by atoms with Gasteiger partial charge in [0.25, 0.3) is 0 Å². The van der Waals surface area contributed by atoms with Crippen LogP contribution in [-0.2, 0) is 6.54 Å². The molecule has 1 unspecified atom stereocenters. The van der Waals surface area contributed by atoms with Gasteiger partial charge in [-0.3, -0.25) is 0 Å². The zero-order valence-electron chi connectivity index (χ0n) is 10.5. The van der Waals surface area contributed by atoms with Crippen molar-refractivity contribution in [2.24, 2.45) is 5.92 Å². The maximum atomic E-state index is 4.52. The molecule has 0 bridgehead atoms. The number of nitrogens with one attached hydrogen (secondary N) is 2. The van der Waals surface area contributed by atoms with Crippen LogP contribution >= 0.6 is 0 Å². The van der Waals surface area contributed by atoms with E-state index in [2.05, 4.69) is 36.5 Å². The minimum absolute atomic E-state index is 0.724. The monoisotopic (exact) mass is 222 g/mol. The Balaban J connectivity index is 2.17. The molecule has 1 aliphatic rings. The lowest BCUT2D eigenvalue weighted by Gasteiger charge is -2.13. The van der Waals surface area contributed by atoms with Crippen molar-refractivity contribution in [1.29, 1.82) is 0 Å². The molecule has 2 rings (SSSR count). The van der Waals surface area contributed by atoms with E-state index in [9.17, 15) is 0 Å². The average molecular weight is 222 g/mol. The first-order valence-corrected chi connectivity index (χ1v) is 6.31. The second-order valence-electron chi connectivity index (χ2n) is 4.54. The quantitative estimate of drug-likeness (QED) is 0.825. The topological polar surface area (TPSA) is 41.9 Å². The lowest BCUT2D eigenvalue weighted by Crippen LogP contribution is -2.19. The molecule has 1 atom stereocenters. The van der Waals surface area contributed by atoms with Gasteiger partial charge < -0.3 is 10.6 Å². The molecule has 0 spiro atoms.